The van der Waals surface area contributed by atoms with E-state index in [1.54, 1.807) is 0 Å². The first kappa shape index (κ1) is 11.0. The van der Waals surface area contributed by atoms with Gasteiger partial charge in [0.15, 0.2) is 0 Å². The van der Waals surface area contributed by atoms with Gasteiger partial charge in [0.25, 0.3) is 0 Å². The zero-order valence-corrected chi connectivity index (χ0v) is 8.80. The number of ether oxygens (including phenoxy) is 2. The second-order valence-corrected chi connectivity index (χ2v) is 2.68. The van der Waals surface area contributed by atoms with Crippen LogP contribution in [0.1, 0.15) is 26.2 Å². The number of carbonyl (C=O) groups is 1. The normalized spacial score (nSPS) is 9.27. The highest BCUT2D eigenvalue weighted by molar-refractivity contribution is 14.1. The average molecular weight is 272 g/mol. The molecule has 0 aromatic rings. The monoisotopic (exact) mass is 272 g/mol. The first-order valence-electron chi connectivity index (χ1n) is 3.66. The molecule has 66 valence electrons. The van der Waals surface area contributed by atoms with E-state index >= 15 is 0 Å². The standard InChI is InChI=1S/C7H13IO3/c1-2-3-4-5-10-7(9)11-6-8/h2-6H2,1H3. The molecule has 0 unspecified atom stereocenters. The minimum Gasteiger partial charge on any atom is -0.434 e. The summed E-state index contributed by atoms with van der Waals surface area (Å²) in [7, 11) is 0. The highest BCUT2D eigenvalue weighted by atomic mass is 127. The van der Waals surface area contributed by atoms with Crippen LogP contribution in [0.5, 0.6) is 0 Å². The summed E-state index contributed by atoms with van der Waals surface area (Å²) in [5.74, 6) is 0. The predicted molar refractivity (Wildman–Crippen MR) is 50.8 cm³/mol. The number of alkyl halides is 1. The summed E-state index contributed by atoms with van der Waals surface area (Å²) in [4.78, 5) is 10.6. The minimum atomic E-state index is -0.560. The zero-order chi connectivity index (χ0) is 8.53. The van der Waals surface area contributed by atoms with E-state index in [0.29, 0.717) is 11.2 Å². The third kappa shape index (κ3) is 7.90. The number of carbonyl (C=O) groups excluding carboxylic acids is 1. The molecular formula is C7H13IO3. The number of unbranched alkanes of at least 4 members (excludes halogenated alkanes) is 2. The maximum atomic E-state index is 10.6. The van der Waals surface area contributed by atoms with Crippen molar-refractivity contribution in [3.05, 3.63) is 0 Å². The van der Waals surface area contributed by atoms with E-state index in [1.165, 1.54) is 0 Å². The Hall–Kier alpha value is 0. The van der Waals surface area contributed by atoms with Gasteiger partial charge in [-0.05, 0) is 29.0 Å². The topological polar surface area (TPSA) is 35.5 Å². The van der Waals surface area contributed by atoms with E-state index in [9.17, 15) is 4.79 Å². The third-order valence-corrected chi connectivity index (χ3v) is 1.45. The Morgan fingerprint density at radius 3 is 2.64 bits per heavy atom. The molecule has 0 aliphatic rings. The number of hydrogen-bond donors (Lipinski definition) is 0. The maximum absolute atomic E-state index is 10.6. The van der Waals surface area contributed by atoms with Gasteiger partial charge < -0.3 is 9.47 Å². The van der Waals surface area contributed by atoms with E-state index in [2.05, 4.69) is 11.7 Å². The van der Waals surface area contributed by atoms with Crippen LogP contribution in [0.3, 0.4) is 0 Å². The molecule has 0 aromatic carbocycles. The molecule has 0 spiro atoms. The molecule has 0 aliphatic carbocycles. The molecule has 0 amide bonds. The van der Waals surface area contributed by atoms with Gasteiger partial charge in [-0.3, -0.25) is 0 Å². The van der Waals surface area contributed by atoms with E-state index in [4.69, 9.17) is 4.74 Å². The lowest BCUT2D eigenvalue weighted by atomic mass is 10.3. The van der Waals surface area contributed by atoms with Gasteiger partial charge >= 0.3 is 6.16 Å². The maximum Gasteiger partial charge on any atom is 0.509 e. The quantitative estimate of drug-likeness (QED) is 0.334. The van der Waals surface area contributed by atoms with Gasteiger partial charge in [-0.15, -0.1) is 0 Å². The van der Waals surface area contributed by atoms with E-state index < -0.39 is 6.16 Å². The van der Waals surface area contributed by atoms with E-state index in [1.807, 2.05) is 22.6 Å². The number of rotatable bonds is 5. The Kier molecular flexibility index (Phi) is 8.10. The molecule has 0 N–H and O–H groups in total. The van der Waals surface area contributed by atoms with Crippen molar-refractivity contribution < 1.29 is 14.3 Å². The SMILES string of the molecule is CCCCCOC(=O)OCI. The van der Waals surface area contributed by atoms with Crippen molar-refractivity contribution in [3.8, 4) is 0 Å². The highest BCUT2D eigenvalue weighted by Gasteiger charge is 1.99. The van der Waals surface area contributed by atoms with Crippen molar-refractivity contribution in [1.82, 2.24) is 0 Å². The molecule has 0 saturated carbocycles. The molecule has 0 aromatic heterocycles. The Balaban J connectivity index is 3.04. The average Bonchev–Trinajstić information content (AvgIpc) is 1.99. The summed E-state index contributed by atoms with van der Waals surface area (Å²) < 4.78 is 9.62. The fourth-order valence-corrected chi connectivity index (χ4v) is 0.848. The highest BCUT2D eigenvalue weighted by Crippen LogP contribution is 1.96. The Morgan fingerprint density at radius 1 is 1.36 bits per heavy atom. The molecular weight excluding hydrogens is 259 g/mol. The van der Waals surface area contributed by atoms with Gasteiger partial charge in [-0.2, -0.15) is 0 Å². The molecule has 0 bridgehead atoms. The van der Waals surface area contributed by atoms with Crippen molar-refractivity contribution >= 4 is 28.7 Å². The van der Waals surface area contributed by atoms with Crippen LogP contribution in [0.15, 0.2) is 0 Å². The fourth-order valence-electron chi connectivity index (χ4n) is 0.594. The first-order valence-corrected chi connectivity index (χ1v) is 5.19. The molecule has 3 nitrogen and oxygen atoms in total. The Labute approximate surface area is 80.6 Å². The van der Waals surface area contributed by atoms with Crippen molar-refractivity contribution in [2.45, 2.75) is 26.2 Å². The van der Waals surface area contributed by atoms with Crippen LogP contribution in [-0.2, 0) is 9.47 Å². The Bertz CT molecular complexity index is 106. The van der Waals surface area contributed by atoms with Crippen molar-refractivity contribution in [2.24, 2.45) is 0 Å². The van der Waals surface area contributed by atoms with Crippen molar-refractivity contribution in [2.75, 3.05) is 11.2 Å². The second kappa shape index (κ2) is 8.10. The van der Waals surface area contributed by atoms with Gasteiger partial charge in [0.2, 0.25) is 0 Å². The minimum absolute atomic E-state index is 0.352. The summed E-state index contributed by atoms with van der Waals surface area (Å²) in [6.45, 7) is 2.58. The molecule has 0 rings (SSSR count). The summed E-state index contributed by atoms with van der Waals surface area (Å²) in [6.07, 6.45) is 2.59. The molecule has 0 fully saturated rings. The smallest absolute Gasteiger partial charge is 0.434 e. The molecule has 4 heteroatoms. The van der Waals surface area contributed by atoms with Crippen LogP contribution in [-0.4, -0.2) is 17.4 Å². The van der Waals surface area contributed by atoms with Gasteiger partial charge in [0.1, 0.15) is 4.61 Å². The molecule has 0 aliphatic heterocycles. The van der Waals surface area contributed by atoms with Gasteiger partial charge in [-0.1, -0.05) is 19.8 Å². The predicted octanol–water partition coefficient (Wildman–Crippen LogP) is 2.72. The summed E-state index contributed by atoms with van der Waals surface area (Å²) in [6, 6.07) is 0. The molecule has 0 saturated heterocycles. The van der Waals surface area contributed by atoms with Gasteiger partial charge in [0, 0.05) is 0 Å². The fraction of sp³-hybridized carbons (Fsp3) is 0.857. The summed E-state index contributed by atoms with van der Waals surface area (Å²) >= 11 is 1.95. The van der Waals surface area contributed by atoms with E-state index in [-0.39, 0.29) is 0 Å². The second-order valence-electron chi connectivity index (χ2n) is 2.06. The number of halogens is 1. The largest absolute Gasteiger partial charge is 0.509 e. The van der Waals surface area contributed by atoms with Gasteiger partial charge in [0.05, 0.1) is 6.61 Å². The summed E-state index contributed by atoms with van der Waals surface area (Å²) in [5.41, 5.74) is 0. The van der Waals surface area contributed by atoms with E-state index in [0.717, 1.165) is 19.3 Å². The molecule has 11 heavy (non-hydrogen) atoms. The van der Waals surface area contributed by atoms with Crippen LogP contribution in [0.2, 0.25) is 0 Å². The van der Waals surface area contributed by atoms with Crippen molar-refractivity contribution in [3.63, 3.8) is 0 Å². The molecule has 0 heterocycles. The van der Waals surface area contributed by atoms with Crippen LogP contribution in [0, 0.1) is 0 Å². The molecule has 0 radical (unpaired) electrons. The van der Waals surface area contributed by atoms with Crippen LogP contribution in [0.25, 0.3) is 0 Å². The Morgan fingerprint density at radius 2 is 2.09 bits per heavy atom. The summed E-state index contributed by atoms with van der Waals surface area (Å²) in [5, 5.41) is 0. The van der Waals surface area contributed by atoms with Crippen LogP contribution >= 0.6 is 22.6 Å². The lowest BCUT2D eigenvalue weighted by Gasteiger charge is -2.02. The van der Waals surface area contributed by atoms with Crippen LogP contribution < -0.4 is 0 Å². The molecule has 0 atom stereocenters. The van der Waals surface area contributed by atoms with Crippen LogP contribution in [0.4, 0.5) is 4.79 Å². The first-order chi connectivity index (χ1) is 5.31. The lowest BCUT2D eigenvalue weighted by Crippen LogP contribution is -2.06. The lowest BCUT2D eigenvalue weighted by molar-refractivity contribution is 0.0695. The van der Waals surface area contributed by atoms with Crippen molar-refractivity contribution in [1.29, 1.82) is 0 Å². The zero-order valence-electron chi connectivity index (χ0n) is 6.64. The third-order valence-electron chi connectivity index (χ3n) is 1.14. The number of hydrogen-bond acceptors (Lipinski definition) is 3. The van der Waals surface area contributed by atoms with Gasteiger partial charge in [-0.25, -0.2) is 4.79 Å².